The van der Waals surface area contributed by atoms with Crippen molar-refractivity contribution >= 4 is 17.0 Å². The molecule has 5 heterocycles. The van der Waals surface area contributed by atoms with Crippen molar-refractivity contribution in [2.45, 2.75) is 6.92 Å². The molecule has 1 aliphatic rings. The average molecular weight is 373 g/mol. The van der Waals surface area contributed by atoms with E-state index in [1.165, 1.54) is 0 Å². The Kier molecular flexibility index (Phi) is 4.17. The molecule has 140 valence electrons. The van der Waals surface area contributed by atoms with Crippen molar-refractivity contribution in [1.82, 2.24) is 29.5 Å². The molecule has 0 aromatic carbocycles. The zero-order valence-electron chi connectivity index (χ0n) is 15.5. The molecule has 0 spiro atoms. The largest absolute Gasteiger partial charge is 0.378 e. The minimum absolute atomic E-state index is 0.701. The fourth-order valence-corrected chi connectivity index (χ4v) is 3.30. The molecule has 0 N–H and O–H groups in total. The Morgan fingerprint density at radius 2 is 1.75 bits per heavy atom. The summed E-state index contributed by atoms with van der Waals surface area (Å²) in [4.78, 5) is 24.9. The first kappa shape index (κ1) is 16.8. The van der Waals surface area contributed by atoms with Gasteiger partial charge in [0, 0.05) is 37.9 Å². The molecule has 1 saturated heterocycles. The first-order chi connectivity index (χ1) is 13.8. The lowest BCUT2D eigenvalue weighted by molar-refractivity contribution is 0.122. The van der Waals surface area contributed by atoms with Gasteiger partial charge in [-0.3, -0.25) is 9.55 Å². The van der Waals surface area contributed by atoms with Crippen molar-refractivity contribution in [3.8, 4) is 17.2 Å². The van der Waals surface area contributed by atoms with Crippen molar-refractivity contribution in [2.75, 3.05) is 31.2 Å². The van der Waals surface area contributed by atoms with Gasteiger partial charge in [-0.15, -0.1) is 0 Å². The van der Waals surface area contributed by atoms with Gasteiger partial charge in [0.15, 0.2) is 0 Å². The van der Waals surface area contributed by atoms with Crippen LogP contribution in [0, 0.1) is 6.92 Å². The molecular formula is C20H19N7O. The Morgan fingerprint density at radius 3 is 2.50 bits per heavy atom. The van der Waals surface area contributed by atoms with Crippen molar-refractivity contribution in [3.05, 3.63) is 54.7 Å². The van der Waals surface area contributed by atoms with Crippen LogP contribution in [0.2, 0.25) is 0 Å². The summed E-state index contributed by atoms with van der Waals surface area (Å²) in [5, 5.41) is 0. The highest BCUT2D eigenvalue weighted by Gasteiger charge is 2.18. The zero-order valence-corrected chi connectivity index (χ0v) is 15.5. The molecule has 0 atom stereocenters. The second kappa shape index (κ2) is 6.97. The van der Waals surface area contributed by atoms with Gasteiger partial charge in [-0.2, -0.15) is 0 Å². The van der Waals surface area contributed by atoms with E-state index in [1.807, 2.05) is 48.3 Å². The lowest BCUT2D eigenvalue weighted by atomic mass is 10.3. The van der Waals surface area contributed by atoms with Gasteiger partial charge in [0.1, 0.15) is 11.6 Å². The minimum atomic E-state index is 0.701. The highest BCUT2D eigenvalue weighted by atomic mass is 16.5. The normalized spacial score (nSPS) is 14.5. The number of ether oxygens (including phenoxy) is 1. The number of hydrogen-bond donors (Lipinski definition) is 0. The van der Waals surface area contributed by atoms with Crippen molar-refractivity contribution in [2.24, 2.45) is 0 Å². The van der Waals surface area contributed by atoms with E-state index in [-0.39, 0.29) is 0 Å². The third-order valence-corrected chi connectivity index (χ3v) is 4.77. The van der Waals surface area contributed by atoms with Gasteiger partial charge >= 0.3 is 0 Å². The summed E-state index contributed by atoms with van der Waals surface area (Å²) in [7, 11) is 0. The predicted octanol–water partition coefficient (Wildman–Crippen LogP) is 2.42. The molecule has 8 nitrogen and oxygen atoms in total. The van der Waals surface area contributed by atoms with E-state index in [1.54, 1.807) is 12.4 Å². The maximum absolute atomic E-state index is 5.40. The first-order valence-corrected chi connectivity index (χ1v) is 9.20. The SMILES string of the molecule is Cc1ccc(-n2c(-c3cnc(N4CCOCC4)nc3)nc3ccncc32)nc1. The molecular weight excluding hydrogens is 354 g/mol. The van der Waals surface area contributed by atoms with Crippen molar-refractivity contribution < 1.29 is 4.74 Å². The van der Waals surface area contributed by atoms with Crippen LogP contribution in [0.1, 0.15) is 5.56 Å². The molecule has 0 saturated carbocycles. The van der Waals surface area contributed by atoms with Gasteiger partial charge in [-0.1, -0.05) is 6.07 Å². The standard InChI is InChI=1S/C20H19N7O/c1-14-2-3-18(22-10-14)27-17-13-21-5-4-16(17)25-19(27)15-11-23-20(24-12-15)26-6-8-28-9-7-26/h2-5,10-13H,6-9H2,1H3. The van der Waals surface area contributed by atoms with Gasteiger partial charge in [-0.25, -0.2) is 19.9 Å². The molecule has 0 unspecified atom stereocenters. The molecule has 0 bridgehead atoms. The Balaban J connectivity index is 1.60. The number of rotatable bonds is 3. The number of morpholine rings is 1. The lowest BCUT2D eigenvalue weighted by Crippen LogP contribution is -2.37. The van der Waals surface area contributed by atoms with Gasteiger partial charge in [0.05, 0.1) is 36.0 Å². The Bertz CT molecular complexity index is 1100. The Morgan fingerprint density at radius 1 is 0.929 bits per heavy atom. The first-order valence-electron chi connectivity index (χ1n) is 9.20. The number of pyridine rings is 2. The summed E-state index contributed by atoms with van der Waals surface area (Å²) >= 11 is 0. The molecule has 8 heteroatoms. The predicted molar refractivity (Wildman–Crippen MR) is 105 cm³/mol. The zero-order chi connectivity index (χ0) is 18.9. The number of fused-ring (bicyclic) bond motifs is 1. The van der Waals surface area contributed by atoms with E-state index < -0.39 is 0 Å². The number of nitrogens with zero attached hydrogens (tertiary/aromatic N) is 7. The van der Waals surface area contributed by atoms with Crippen LogP contribution in [0.4, 0.5) is 5.95 Å². The number of aromatic nitrogens is 6. The van der Waals surface area contributed by atoms with Crippen molar-refractivity contribution in [3.63, 3.8) is 0 Å². The number of hydrogen-bond acceptors (Lipinski definition) is 7. The summed E-state index contributed by atoms with van der Waals surface area (Å²) in [6.07, 6.45) is 9.02. The smallest absolute Gasteiger partial charge is 0.225 e. The molecule has 0 aliphatic carbocycles. The molecule has 4 aromatic rings. The maximum Gasteiger partial charge on any atom is 0.225 e. The monoisotopic (exact) mass is 373 g/mol. The van der Waals surface area contributed by atoms with Crippen LogP contribution < -0.4 is 4.90 Å². The molecule has 1 aliphatic heterocycles. The number of aryl methyl sites for hydroxylation is 1. The third kappa shape index (κ3) is 2.97. The van der Waals surface area contributed by atoms with E-state index in [4.69, 9.17) is 9.72 Å². The summed E-state index contributed by atoms with van der Waals surface area (Å²) < 4.78 is 7.39. The molecule has 1 fully saturated rings. The van der Waals surface area contributed by atoms with Crippen LogP contribution in [-0.2, 0) is 4.74 Å². The Hall–Kier alpha value is -3.39. The minimum Gasteiger partial charge on any atom is -0.378 e. The molecule has 4 aromatic heterocycles. The molecule has 0 amide bonds. The summed E-state index contributed by atoms with van der Waals surface area (Å²) in [5.41, 5.74) is 3.68. The van der Waals surface area contributed by atoms with Gasteiger partial charge in [0.25, 0.3) is 0 Å². The van der Waals surface area contributed by atoms with E-state index in [0.717, 1.165) is 46.9 Å². The number of imidazole rings is 1. The second-order valence-electron chi connectivity index (χ2n) is 6.70. The van der Waals surface area contributed by atoms with E-state index >= 15 is 0 Å². The van der Waals surface area contributed by atoms with Crippen molar-refractivity contribution in [1.29, 1.82) is 0 Å². The Labute approximate surface area is 161 Å². The van der Waals surface area contributed by atoms with Crippen LogP contribution >= 0.6 is 0 Å². The van der Waals surface area contributed by atoms with Crippen LogP contribution in [0.15, 0.2) is 49.2 Å². The van der Waals surface area contributed by atoms with Crippen LogP contribution in [0.3, 0.4) is 0 Å². The summed E-state index contributed by atoms with van der Waals surface area (Å²) in [6, 6.07) is 5.91. The van der Waals surface area contributed by atoms with Gasteiger partial charge < -0.3 is 9.64 Å². The van der Waals surface area contributed by atoms with E-state index in [9.17, 15) is 0 Å². The lowest BCUT2D eigenvalue weighted by Gasteiger charge is -2.26. The quantitative estimate of drug-likeness (QED) is 0.545. The summed E-state index contributed by atoms with van der Waals surface area (Å²) in [6.45, 7) is 5.02. The molecule has 0 radical (unpaired) electrons. The summed E-state index contributed by atoms with van der Waals surface area (Å²) in [5.74, 6) is 2.24. The molecule has 5 rings (SSSR count). The number of anilines is 1. The topological polar surface area (TPSA) is 81.9 Å². The maximum atomic E-state index is 5.40. The highest BCUT2D eigenvalue weighted by molar-refractivity contribution is 5.81. The average Bonchev–Trinajstić information content (AvgIpc) is 3.15. The fourth-order valence-electron chi connectivity index (χ4n) is 3.30. The van der Waals surface area contributed by atoms with Gasteiger partial charge in [-0.05, 0) is 24.6 Å². The van der Waals surface area contributed by atoms with Crippen LogP contribution in [-0.4, -0.2) is 55.8 Å². The highest BCUT2D eigenvalue weighted by Crippen LogP contribution is 2.27. The van der Waals surface area contributed by atoms with E-state index in [2.05, 4.69) is 24.8 Å². The molecule has 28 heavy (non-hydrogen) atoms. The van der Waals surface area contributed by atoms with Gasteiger partial charge in [0.2, 0.25) is 5.95 Å². The fraction of sp³-hybridized carbons (Fsp3) is 0.250. The second-order valence-corrected chi connectivity index (χ2v) is 6.70. The van der Waals surface area contributed by atoms with Crippen LogP contribution in [0.5, 0.6) is 0 Å². The third-order valence-electron chi connectivity index (χ3n) is 4.77. The van der Waals surface area contributed by atoms with E-state index in [0.29, 0.717) is 19.2 Å². The van der Waals surface area contributed by atoms with Crippen LogP contribution in [0.25, 0.3) is 28.2 Å².